The van der Waals surface area contributed by atoms with Crippen molar-refractivity contribution < 1.29 is 23.1 Å². The number of carbonyl (C=O) groups is 1. The lowest BCUT2D eigenvalue weighted by atomic mass is 10.2. The van der Waals surface area contributed by atoms with Gasteiger partial charge in [0, 0.05) is 13.2 Å². The number of alkyl halides is 3. The predicted molar refractivity (Wildman–Crippen MR) is 42.4 cm³/mol. The smallest absolute Gasteiger partial charge is 0.436 e. The lowest BCUT2D eigenvalue weighted by Gasteiger charge is -2.02. The highest BCUT2D eigenvalue weighted by molar-refractivity contribution is 5.88. The highest BCUT2D eigenvalue weighted by Gasteiger charge is 2.38. The molecule has 4 nitrogen and oxygen atoms in total. The molecule has 1 N–H and O–H groups in total. The molecule has 1 aromatic heterocycles. The summed E-state index contributed by atoms with van der Waals surface area (Å²) >= 11 is 0. The van der Waals surface area contributed by atoms with Crippen molar-refractivity contribution in [2.45, 2.75) is 6.18 Å². The molecule has 0 unspecified atom stereocenters. The van der Waals surface area contributed by atoms with Crippen LogP contribution in [0.2, 0.25) is 0 Å². The van der Waals surface area contributed by atoms with E-state index in [1.807, 2.05) is 0 Å². The highest BCUT2D eigenvalue weighted by atomic mass is 35.5. The maximum atomic E-state index is 12.1. The molecule has 0 spiro atoms. The molecule has 80 valence electrons. The Morgan fingerprint density at radius 1 is 1.57 bits per heavy atom. The van der Waals surface area contributed by atoms with Gasteiger partial charge in [-0.05, 0) is 0 Å². The predicted octanol–water partition coefficient (Wildman–Crippen LogP) is 1.56. The van der Waals surface area contributed by atoms with Crippen LogP contribution in [0.3, 0.4) is 0 Å². The van der Waals surface area contributed by atoms with Gasteiger partial charge in [0.05, 0.1) is 0 Å². The molecule has 1 rings (SSSR count). The zero-order chi connectivity index (χ0) is 10.2. The standard InChI is InChI=1S/C6H5F3N2O2.ClH/c1-11-2-3(5(12)13)4(10-11)6(7,8)9;/h2H,1H3,(H,12,13);1H. The number of aromatic nitrogens is 2. The van der Waals surface area contributed by atoms with E-state index in [-0.39, 0.29) is 12.4 Å². The minimum absolute atomic E-state index is 0. The van der Waals surface area contributed by atoms with Crippen LogP contribution in [0.1, 0.15) is 16.1 Å². The summed E-state index contributed by atoms with van der Waals surface area (Å²) in [7, 11) is 1.22. The van der Waals surface area contributed by atoms with E-state index in [9.17, 15) is 18.0 Å². The van der Waals surface area contributed by atoms with Gasteiger partial charge in [-0.25, -0.2) is 4.79 Å². The van der Waals surface area contributed by atoms with Gasteiger partial charge in [-0.15, -0.1) is 12.4 Å². The summed E-state index contributed by atoms with van der Waals surface area (Å²) in [6.45, 7) is 0. The number of carboxylic acid groups (broad SMARTS) is 1. The molecule has 0 aliphatic rings. The molecule has 0 atom stereocenters. The first kappa shape index (κ1) is 12.8. The van der Waals surface area contributed by atoms with Crippen LogP contribution >= 0.6 is 12.4 Å². The second-order valence-electron chi connectivity index (χ2n) is 2.37. The number of halogens is 4. The van der Waals surface area contributed by atoms with Gasteiger partial charge in [-0.2, -0.15) is 18.3 Å². The average molecular weight is 231 g/mol. The van der Waals surface area contributed by atoms with Crippen LogP contribution in [0.4, 0.5) is 13.2 Å². The van der Waals surface area contributed by atoms with Crippen molar-refractivity contribution >= 4 is 18.4 Å². The van der Waals surface area contributed by atoms with Crippen LogP contribution in [0, 0.1) is 0 Å². The number of hydrogen-bond acceptors (Lipinski definition) is 2. The molecular formula is C6H6ClF3N2O2. The fraction of sp³-hybridized carbons (Fsp3) is 0.333. The van der Waals surface area contributed by atoms with Gasteiger partial charge in [-0.3, -0.25) is 4.68 Å². The van der Waals surface area contributed by atoms with Gasteiger partial charge in [0.1, 0.15) is 5.56 Å². The van der Waals surface area contributed by atoms with Crippen LogP contribution in [0.25, 0.3) is 0 Å². The van der Waals surface area contributed by atoms with Gasteiger partial charge in [-0.1, -0.05) is 0 Å². The average Bonchev–Trinajstić information content (AvgIpc) is 2.29. The van der Waals surface area contributed by atoms with E-state index in [0.717, 1.165) is 10.9 Å². The largest absolute Gasteiger partial charge is 0.478 e. The summed E-state index contributed by atoms with van der Waals surface area (Å²) < 4.78 is 37.1. The van der Waals surface area contributed by atoms with Crippen molar-refractivity contribution in [1.82, 2.24) is 9.78 Å². The lowest BCUT2D eigenvalue weighted by molar-refractivity contribution is -0.141. The third-order valence-electron chi connectivity index (χ3n) is 1.33. The minimum Gasteiger partial charge on any atom is -0.478 e. The van der Waals surface area contributed by atoms with E-state index in [1.165, 1.54) is 7.05 Å². The molecule has 0 saturated carbocycles. The summed E-state index contributed by atoms with van der Waals surface area (Å²) in [6, 6.07) is 0. The maximum absolute atomic E-state index is 12.1. The number of aryl methyl sites for hydroxylation is 1. The van der Waals surface area contributed by atoms with Crippen molar-refractivity contribution in [1.29, 1.82) is 0 Å². The third-order valence-corrected chi connectivity index (χ3v) is 1.33. The monoisotopic (exact) mass is 230 g/mol. The summed E-state index contributed by atoms with van der Waals surface area (Å²) in [5, 5.41) is 11.4. The molecule has 0 saturated heterocycles. The fourth-order valence-corrected chi connectivity index (χ4v) is 0.854. The van der Waals surface area contributed by atoms with Crippen molar-refractivity contribution in [2.24, 2.45) is 7.05 Å². The SMILES string of the molecule is Cl.Cn1cc(C(=O)O)c(C(F)(F)F)n1. The first-order valence-corrected chi connectivity index (χ1v) is 3.16. The molecular weight excluding hydrogens is 225 g/mol. The maximum Gasteiger partial charge on any atom is 0.436 e. The van der Waals surface area contributed by atoms with E-state index in [0.29, 0.717) is 0 Å². The van der Waals surface area contributed by atoms with E-state index in [4.69, 9.17) is 5.11 Å². The highest BCUT2D eigenvalue weighted by Crippen LogP contribution is 2.30. The van der Waals surface area contributed by atoms with Crippen molar-refractivity contribution in [3.8, 4) is 0 Å². The Balaban J connectivity index is 0.00000169. The minimum atomic E-state index is -4.73. The number of nitrogens with zero attached hydrogens (tertiary/aromatic N) is 2. The molecule has 14 heavy (non-hydrogen) atoms. The molecule has 0 aliphatic heterocycles. The molecule has 8 heteroatoms. The zero-order valence-corrected chi connectivity index (χ0v) is 7.69. The molecule has 0 fully saturated rings. The fourth-order valence-electron chi connectivity index (χ4n) is 0.854. The van der Waals surface area contributed by atoms with E-state index in [2.05, 4.69) is 5.10 Å². The summed E-state index contributed by atoms with van der Waals surface area (Å²) in [4.78, 5) is 10.3. The quantitative estimate of drug-likeness (QED) is 0.797. The molecule has 0 aromatic carbocycles. The van der Waals surface area contributed by atoms with Crippen molar-refractivity contribution in [2.75, 3.05) is 0 Å². The van der Waals surface area contributed by atoms with Gasteiger partial charge in [0.2, 0.25) is 0 Å². The Kier molecular flexibility index (Phi) is 3.53. The first-order valence-electron chi connectivity index (χ1n) is 3.16. The Labute approximate surface area is 82.7 Å². The van der Waals surface area contributed by atoms with Crippen LogP contribution in [-0.2, 0) is 13.2 Å². The second-order valence-corrected chi connectivity index (χ2v) is 2.37. The molecule has 1 heterocycles. The van der Waals surface area contributed by atoms with Gasteiger partial charge in [0.15, 0.2) is 5.69 Å². The summed E-state index contributed by atoms with van der Waals surface area (Å²) in [6.07, 6.45) is -3.92. The third kappa shape index (κ3) is 2.38. The normalized spacial score (nSPS) is 10.9. The van der Waals surface area contributed by atoms with Crippen LogP contribution < -0.4 is 0 Å². The zero-order valence-electron chi connectivity index (χ0n) is 6.87. The summed E-state index contributed by atoms with van der Waals surface area (Å²) in [5.74, 6) is -1.64. The Hall–Kier alpha value is -1.24. The van der Waals surface area contributed by atoms with Gasteiger partial charge < -0.3 is 5.11 Å². The number of rotatable bonds is 1. The van der Waals surface area contributed by atoms with Crippen LogP contribution in [0.15, 0.2) is 6.20 Å². The topological polar surface area (TPSA) is 55.1 Å². The number of carboxylic acids is 1. The van der Waals surface area contributed by atoms with Crippen LogP contribution in [-0.4, -0.2) is 20.9 Å². The first-order chi connectivity index (χ1) is 5.82. The molecule has 0 amide bonds. The van der Waals surface area contributed by atoms with Crippen LogP contribution in [0.5, 0.6) is 0 Å². The number of hydrogen-bond donors (Lipinski definition) is 1. The molecule has 0 radical (unpaired) electrons. The van der Waals surface area contributed by atoms with E-state index in [1.54, 1.807) is 0 Å². The number of aromatic carboxylic acids is 1. The summed E-state index contributed by atoms with van der Waals surface area (Å²) in [5.41, 5.74) is -2.21. The lowest BCUT2D eigenvalue weighted by Crippen LogP contribution is -2.12. The molecule has 1 aromatic rings. The Bertz CT molecular complexity index is 347. The van der Waals surface area contributed by atoms with Gasteiger partial charge >= 0.3 is 12.1 Å². The van der Waals surface area contributed by atoms with Crippen molar-refractivity contribution in [3.05, 3.63) is 17.5 Å². The second kappa shape index (κ2) is 3.87. The molecule has 0 aliphatic carbocycles. The molecule has 0 bridgehead atoms. The Morgan fingerprint density at radius 2 is 2.07 bits per heavy atom. The van der Waals surface area contributed by atoms with E-state index >= 15 is 0 Å². The Morgan fingerprint density at radius 3 is 2.36 bits per heavy atom. The van der Waals surface area contributed by atoms with E-state index < -0.39 is 23.4 Å². The van der Waals surface area contributed by atoms with Gasteiger partial charge in [0.25, 0.3) is 0 Å². The van der Waals surface area contributed by atoms with Crippen molar-refractivity contribution in [3.63, 3.8) is 0 Å².